The second-order valence-electron chi connectivity index (χ2n) is 8.41. The summed E-state index contributed by atoms with van der Waals surface area (Å²) in [6.45, 7) is 0.969. The average molecular weight is 526 g/mol. The van der Waals surface area contributed by atoms with Gasteiger partial charge in [0.1, 0.15) is 17.6 Å². The first-order valence-corrected chi connectivity index (χ1v) is 12.7. The van der Waals surface area contributed by atoms with Gasteiger partial charge in [-0.25, -0.2) is 18.2 Å². The summed E-state index contributed by atoms with van der Waals surface area (Å²) in [6, 6.07) is 3.03. The molecule has 0 unspecified atom stereocenters. The van der Waals surface area contributed by atoms with Gasteiger partial charge >= 0.3 is 10.2 Å². The van der Waals surface area contributed by atoms with Gasteiger partial charge in [-0.1, -0.05) is 0 Å². The molecule has 1 fully saturated rings. The molecule has 1 aliphatic rings. The normalized spacial score (nSPS) is 16.5. The number of aromatic nitrogens is 3. The molecule has 36 heavy (non-hydrogen) atoms. The van der Waals surface area contributed by atoms with Gasteiger partial charge in [0.05, 0.1) is 16.8 Å². The van der Waals surface area contributed by atoms with Crippen LogP contribution in [0.4, 0.5) is 24.8 Å². The first kappa shape index (κ1) is 25.9. The molecule has 2 aromatic heterocycles. The number of rotatable bonds is 9. The fraction of sp³-hybridized carbons (Fsp3) is 0.409. The van der Waals surface area contributed by atoms with Crippen molar-refractivity contribution in [3.05, 3.63) is 46.4 Å². The van der Waals surface area contributed by atoms with Crippen molar-refractivity contribution >= 4 is 32.9 Å². The summed E-state index contributed by atoms with van der Waals surface area (Å²) in [5.74, 6) is -2.03. The van der Waals surface area contributed by atoms with Crippen molar-refractivity contribution in [1.82, 2.24) is 24.2 Å². The second kappa shape index (κ2) is 10.4. The van der Waals surface area contributed by atoms with Crippen LogP contribution in [0.3, 0.4) is 0 Å². The van der Waals surface area contributed by atoms with E-state index in [0.717, 1.165) is 34.0 Å². The fourth-order valence-electron chi connectivity index (χ4n) is 3.96. The summed E-state index contributed by atoms with van der Waals surface area (Å²) in [5.41, 5.74) is -2.07. The van der Waals surface area contributed by atoms with Gasteiger partial charge in [-0.3, -0.25) is 14.1 Å². The lowest BCUT2D eigenvalue weighted by Gasteiger charge is -2.18. The summed E-state index contributed by atoms with van der Waals surface area (Å²) < 4.78 is 72.9. The van der Waals surface area contributed by atoms with Gasteiger partial charge in [-0.05, 0) is 44.6 Å². The summed E-state index contributed by atoms with van der Waals surface area (Å²) >= 11 is 0. The summed E-state index contributed by atoms with van der Waals surface area (Å²) in [6.07, 6.45) is 0.956. The average Bonchev–Trinajstić information content (AvgIpc) is 3.29. The van der Waals surface area contributed by atoms with E-state index in [-0.39, 0.29) is 30.7 Å². The van der Waals surface area contributed by atoms with E-state index >= 15 is 4.39 Å². The van der Waals surface area contributed by atoms with Gasteiger partial charge < -0.3 is 10.6 Å². The molecular weight excluding hydrogens is 499 g/mol. The lowest BCUT2D eigenvalue weighted by atomic mass is 10.0. The summed E-state index contributed by atoms with van der Waals surface area (Å²) in [4.78, 5) is 21.6. The number of pyridine rings is 1. The number of anilines is 2. The Morgan fingerprint density at radius 1 is 1.22 bits per heavy atom. The van der Waals surface area contributed by atoms with Crippen molar-refractivity contribution in [2.75, 3.05) is 43.3 Å². The minimum absolute atomic E-state index is 0.0282. The van der Waals surface area contributed by atoms with E-state index in [9.17, 15) is 22.0 Å². The number of alkyl halides is 1. The van der Waals surface area contributed by atoms with E-state index in [1.165, 1.54) is 19.3 Å². The number of nitrogens with zero attached hydrogens (tertiary/aromatic N) is 4. The molecule has 14 heteroatoms. The highest BCUT2D eigenvalue weighted by atomic mass is 32.2. The lowest BCUT2D eigenvalue weighted by molar-refractivity contribution is 0.343. The Hall–Kier alpha value is -3.23. The first-order valence-electron chi connectivity index (χ1n) is 11.3. The van der Waals surface area contributed by atoms with E-state index in [0.29, 0.717) is 17.9 Å². The maximum Gasteiger partial charge on any atom is 0.301 e. The first-order chi connectivity index (χ1) is 17.1. The third kappa shape index (κ3) is 5.15. The third-order valence-corrected chi connectivity index (χ3v) is 7.36. The predicted octanol–water partition coefficient (Wildman–Crippen LogP) is 2.00. The van der Waals surface area contributed by atoms with Crippen molar-refractivity contribution < 1.29 is 21.6 Å². The quantitative estimate of drug-likeness (QED) is 0.366. The molecule has 0 aliphatic carbocycles. The van der Waals surface area contributed by atoms with Gasteiger partial charge in [-0.15, -0.1) is 0 Å². The molecule has 0 saturated carbocycles. The van der Waals surface area contributed by atoms with Crippen molar-refractivity contribution in [3.63, 3.8) is 0 Å². The standard InChI is InChI=1S/C22H26F3N7O3S/c1-26-7-3-8-27-22-28-11-13-10-15(21(33)31(2)20(13)29-22)18-16(24)4-5-17(19(18)25)30-36(34,35)32-9-6-14(23)12-32/h4-5,10-11,14,26,30H,3,6-9,12H2,1-2H3,(H,27,28,29)/t14-/m1/s1. The Morgan fingerprint density at radius 2 is 2.00 bits per heavy atom. The van der Waals surface area contributed by atoms with Crippen LogP contribution in [0.2, 0.25) is 0 Å². The minimum atomic E-state index is -4.28. The highest BCUT2D eigenvalue weighted by Gasteiger charge is 2.32. The van der Waals surface area contributed by atoms with Crippen LogP contribution in [0, 0.1) is 11.6 Å². The Kier molecular flexibility index (Phi) is 7.47. The molecule has 0 spiro atoms. The second-order valence-corrected chi connectivity index (χ2v) is 10.1. The molecule has 0 amide bonds. The van der Waals surface area contributed by atoms with Crippen LogP contribution in [-0.4, -0.2) is 66.7 Å². The number of hydrogen-bond acceptors (Lipinski definition) is 7. The van der Waals surface area contributed by atoms with E-state index in [1.807, 2.05) is 11.8 Å². The number of nitrogens with one attached hydrogen (secondary N) is 3. The zero-order valence-corrected chi connectivity index (χ0v) is 20.5. The van der Waals surface area contributed by atoms with Crippen LogP contribution in [0.25, 0.3) is 22.2 Å². The molecule has 3 heterocycles. The Balaban J connectivity index is 1.71. The van der Waals surface area contributed by atoms with Gasteiger partial charge in [-0.2, -0.15) is 17.7 Å². The van der Waals surface area contributed by atoms with Gasteiger partial charge in [0.2, 0.25) is 5.95 Å². The molecule has 3 aromatic rings. The molecule has 1 saturated heterocycles. The van der Waals surface area contributed by atoms with Crippen LogP contribution < -0.4 is 20.9 Å². The van der Waals surface area contributed by atoms with Crippen molar-refractivity contribution in [2.24, 2.45) is 7.05 Å². The van der Waals surface area contributed by atoms with E-state index < -0.39 is 44.8 Å². The number of hydrogen-bond donors (Lipinski definition) is 3. The Bertz CT molecular complexity index is 1450. The topological polar surface area (TPSA) is 121 Å². The molecular formula is C22H26F3N7O3S. The molecule has 3 N–H and O–H groups in total. The molecule has 4 rings (SSSR count). The monoisotopic (exact) mass is 525 g/mol. The maximum atomic E-state index is 15.4. The van der Waals surface area contributed by atoms with Crippen LogP contribution in [0.1, 0.15) is 12.8 Å². The number of fused-ring (bicyclic) bond motifs is 1. The van der Waals surface area contributed by atoms with Crippen LogP contribution in [-0.2, 0) is 17.3 Å². The van der Waals surface area contributed by atoms with Gasteiger partial charge in [0.15, 0.2) is 5.82 Å². The van der Waals surface area contributed by atoms with E-state index in [1.54, 1.807) is 0 Å². The largest absolute Gasteiger partial charge is 0.354 e. The third-order valence-electron chi connectivity index (χ3n) is 5.87. The van der Waals surface area contributed by atoms with Crippen molar-refractivity contribution in [1.29, 1.82) is 0 Å². The Labute approximate surface area is 205 Å². The smallest absolute Gasteiger partial charge is 0.301 e. The van der Waals surface area contributed by atoms with Crippen LogP contribution in [0.15, 0.2) is 29.2 Å². The van der Waals surface area contributed by atoms with Crippen molar-refractivity contribution in [3.8, 4) is 11.1 Å². The fourth-order valence-corrected chi connectivity index (χ4v) is 5.23. The van der Waals surface area contributed by atoms with Crippen LogP contribution >= 0.6 is 0 Å². The predicted molar refractivity (Wildman–Crippen MR) is 131 cm³/mol. The molecule has 1 atom stereocenters. The lowest BCUT2D eigenvalue weighted by Crippen LogP contribution is -2.34. The number of halogens is 3. The highest BCUT2D eigenvalue weighted by molar-refractivity contribution is 7.90. The minimum Gasteiger partial charge on any atom is -0.354 e. The molecule has 10 nitrogen and oxygen atoms in total. The maximum absolute atomic E-state index is 15.4. The number of aryl methyl sites for hydroxylation is 1. The molecule has 0 bridgehead atoms. The van der Waals surface area contributed by atoms with Gasteiger partial charge in [0.25, 0.3) is 5.56 Å². The molecule has 1 aromatic carbocycles. The van der Waals surface area contributed by atoms with Gasteiger partial charge in [0, 0.05) is 38.3 Å². The zero-order chi connectivity index (χ0) is 26.0. The van der Waals surface area contributed by atoms with Crippen molar-refractivity contribution in [2.45, 2.75) is 19.0 Å². The van der Waals surface area contributed by atoms with E-state index in [2.05, 4.69) is 20.6 Å². The Morgan fingerprint density at radius 3 is 2.69 bits per heavy atom. The molecule has 194 valence electrons. The van der Waals surface area contributed by atoms with Crippen LogP contribution in [0.5, 0.6) is 0 Å². The number of benzene rings is 1. The van der Waals surface area contributed by atoms with E-state index in [4.69, 9.17) is 0 Å². The summed E-state index contributed by atoms with van der Waals surface area (Å²) in [7, 11) is -1.03. The molecule has 0 radical (unpaired) electrons. The molecule has 1 aliphatic heterocycles. The zero-order valence-electron chi connectivity index (χ0n) is 19.7. The SMILES string of the molecule is CNCCCNc1ncc2cc(-c3c(F)ccc(NS(=O)(=O)N4CC[C@@H](F)C4)c3F)c(=O)n(C)c2n1. The summed E-state index contributed by atoms with van der Waals surface area (Å²) in [5, 5.41) is 6.42. The highest BCUT2D eigenvalue weighted by Crippen LogP contribution is 2.31.